The summed E-state index contributed by atoms with van der Waals surface area (Å²) in [5.41, 5.74) is 2.89. The molecule has 3 rings (SSSR count). The minimum Gasteiger partial charge on any atom is -0.359 e. The Morgan fingerprint density at radius 2 is 2.00 bits per heavy atom. The summed E-state index contributed by atoms with van der Waals surface area (Å²) in [6.45, 7) is 8.02. The molecule has 0 saturated carbocycles. The maximum Gasteiger partial charge on any atom is 0.192 e. The summed E-state index contributed by atoms with van der Waals surface area (Å²) in [6, 6.07) is 14.0. The molecule has 0 unspecified atom stereocenters. The fraction of sp³-hybridized carbons (Fsp3) is 0.350. The van der Waals surface area contributed by atoms with E-state index < -0.39 is 0 Å². The Kier molecular flexibility index (Phi) is 6.25. The summed E-state index contributed by atoms with van der Waals surface area (Å²) >= 11 is 0. The second kappa shape index (κ2) is 9.02. The Bertz CT molecular complexity index is 865. The van der Waals surface area contributed by atoms with E-state index in [1.165, 1.54) is 0 Å². The van der Waals surface area contributed by atoms with Crippen LogP contribution in [0.15, 0.2) is 58.2 Å². The lowest BCUT2D eigenvalue weighted by atomic mass is 10.1. The van der Waals surface area contributed by atoms with Gasteiger partial charge in [0.1, 0.15) is 0 Å². The zero-order chi connectivity index (χ0) is 19.1. The largest absolute Gasteiger partial charge is 0.359 e. The van der Waals surface area contributed by atoms with E-state index in [9.17, 15) is 0 Å². The summed E-state index contributed by atoms with van der Waals surface area (Å²) < 4.78 is 7.21. The van der Waals surface area contributed by atoms with Gasteiger partial charge in [0.15, 0.2) is 11.7 Å². The van der Waals surface area contributed by atoms with Gasteiger partial charge in [0.25, 0.3) is 0 Å². The number of rotatable bonds is 7. The molecule has 2 heterocycles. The van der Waals surface area contributed by atoms with E-state index in [2.05, 4.69) is 39.7 Å². The molecule has 0 atom stereocenters. The molecule has 2 aromatic heterocycles. The minimum absolute atomic E-state index is 0.351. The van der Waals surface area contributed by atoms with Crippen LogP contribution in [0.1, 0.15) is 43.8 Å². The van der Waals surface area contributed by atoms with Gasteiger partial charge < -0.3 is 15.2 Å². The molecule has 0 aliphatic carbocycles. The van der Waals surface area contributed by atoms with Crippen molar-refractivity contribution >= 4 is 5.96 Å². The van der Waals surface area contributed by atoms with Crippen LogP contribution in [0.4, 0.5) is 0 Å². The van der Waals surface area contributed by atoms with Crippen molar-refractivity contribution in [2.75, 3.05) is 6.54 Å². The molecule has 0 aliphatic heterocycles. The predicted octanol–water partition coefficient (Wildman–Crippen LogP) is 3.24. The maximum absolute atomic E-state index is 5.36. The van der Waals surface area contributed by atoms with Crippen molar-refractivity contribution < 1.29 is 4.52 Å². The molecule has 0 fully saturated rings. The van der Waals surface area contributed by atoms with Crippen molar-refractivity contribution in [2.45, 2.75) is 39.8 Å². The Morgan fingerprint density at radius 3 is 2.70 bits per heavy atom. The van der Waals surface area contributed by atoms with Gasteiger partial charge in [-0.2, -0.15) is 5.10 Å². The smallest absolute Gasteiger partial charge is 0.192 e. The first-order valence-electron chi connectivity index (χ1n) is 9.23. The second-order valence-corrected chi connectivity index (χ2v) is 6.51. The van der Waals surface area contributed by atoms with Gasteiger partial charge in [0.05, 0.1) is 30.2 Å². The first-order chi connectivity index (χ1) is 13.2. The molecule has 27 heavy (non-hydrogen) atoms. The second-order valence-electron chi connectivity index (χ2n) is 6.51. The number of nitrogens with zero attached hydrogens (tertiary/aromatic N) is 4. The molecule has 3 aromatic rings. The van der Waals surface area contributed by atoms with Crippen LogP contribution in [0.2, 0.25) is 0 Å². The Labute approximate surface area is 159 Å². The van der Waals surface area contributed by atoms with E-state index in [0.29, 0.717) is 25.0 Å². The van der Waals surface area contributed by atoms with Crippen LogP contribution in [0, 0.1) is 0 Å². The van der Waals surface area contributed by atoms with Gasteiger partial charge in [-0.15, -0.1) is 0 Å². The number of hydrogen-bond acceptors (Lipinski definition) is 4. The highest BCUT2D eigenvalue weighted by molar-refractivity contribution is 5.79. The highest BCUT2D eigenvalue weighted by atomic mass is 16.5. The SMILES string of the molecule is CCNC(=NCc1ccn(-c2ccccc2)n1)NCc1cc(C(C)C)no1. The molecule has 0 spiro atoms. The zero-order valence-corrected chi connectivity index (χ0v) is 16.0. The first kappa shape index (κ1) is 18.7. The standard InChI is InChI=1S/C20H26N6O/c1-4-21-20(23-14-18-12-19(15(2)3)25-27-18)22-13-16-10-11-26(24-16)17-8-6-5-7-9-17/h5-12,15H,4,13-14H2,1-3H3,(H2,21,22,23). The molecule has 7 heteroatoms. The Balaban J connectivity index is 1.61. The van der Waals surface area contributed by atoms with Crippen molar-refractivity contribution in [2.24, 2.45) is 4.99 Å². The summed E-state index contributed by atoms with van der Waals surface area (Å²) in [5.74, 6) is 1.86. The molecule has 0 bridgehead atoms. The zero-order valence-electron chi connectivity index (χ0n) is 16.0. The summed E-state index contributed by atoms with van der Waals surface area (Å²) in [7, 11) is 0. The van der Waals surface area contributed by atoms with Gasteiger partial charge in [-0.1, -0.05) is 37.2 Å². The molecule has 0 aliphatic rings. The summed E-state index contributed by atoms with van der Waals surface area (Å²) in [4.78, 5) is 4.60. The number of para-hydroxylation sites is 1. The maximum atomic E-state index is 5.36. The minimum atomic E-state index is 0.351. The quantitative estimate of drug-likeness (QED) is 0.496. The van der Waals surface area contributed by atoms with Crippen LogP contribution in [-0.2, 0) is 13.1 Å². The fourth-order valence-electron chi connectivity index (χ4n) is 2.53. The van der Waals surface area contributed by atoms with Gasteiger partial charge >= 0.3 is 0 Å². The number of guanidine groups is 1. The van der Waals surface area contributed by atoms with E-state index in [1.54, 1.807) is 0 Å². The third-order valence-electron chi connectivity index (χ3n) is 4.01. The molecule has 0 saturated heterocycles. The molecule has 0 radical (unpaired) electrons. The van der Waals surface area contributed by atoms with Crippen molar-refractivity contribution in [1.29, 1.82) is 0 Å². The van der Waals surface area contributed by atoms with Crippen LogP contribution in [0.5, 0.6) is 0 Å². The van der Waals surface area contributed by atoms with Crippen molar-refractivity contribution in [1.82, 2.24) is 25.6 Å². The van der Waals surface area contributed by atoms with Crippen molar-refractivity contribution in [3.63, 3.8) is 0 Å². The van der Waals surface area contributed by atoms with Gasteiger partial charge in [-0.3, -0.25) is 0 Å². The fourth-order valence-corrected chi connectivity index (χ4v) is 2.53. The Hall–Kier alpha value is -3.09. The van der Waals surface area contributed by atoms with Gasteiger partial charge in [-0.25, -0.2) is 9.67 Å². The van der Waals surface area contributed by atoms with Gasteiger partial charge in [0, 0.05) is 18.8 Å². The van der Waals surface area contributed by atoms with E-state index in [0.717, 1.165) is 29.4 Å². The monoisotopic (exact) mass is 366 g/mol. The number of aromatic nitrogens is 3. The van der Waals surface area contributed by atoms with Crippen LogP contribution >= 0.6 is 0 Å². The lowest BCUT2D eigenvalue weighted by molar-refractivity contribution is 0.372. The number of benzene rings is 1. The number of hydrogen-bond donors (Lipinski definition) is 2. The van der Waals surface area contributed by atoms with Crippen LogP contribution in [-0.4, -0.2) is 27.4 Å². The van der Waals surface area contributed by atoms with Crippen molar-refractivity contribution in [3.05, 3.63) is 65.8 Å². The molecule has 7 nitrogen and oxygen atoms in total. The molecular weight excluding hydrogens is 340 g/mol. The number of nitrogens with one attached hydrogen (secondary N) is 2. The summed E-state index contributed by atoms with van der Waals surface area (Å²) in [6.07, 6.45) is 1.95. The average Bonchev–Trinajstić information content (AvgIpc) is 3.34. The Morgan fingerprint density at radius 1 is 1.19 bits per heavy atom. The third-order valence-corrected chi connectivity index (χ3v) is 4.01. The molecule has 2 N–H and O–H groups in total. The van der Waals surface area contributed by atoms with E-state index in [-0.39, 0.29) is 0 Å². The van der Waals surface area contributed by atoms with Crippen LogP contribution < -0.4 is 10.6 Å². The van der Waals surface area contributed by atoms with E-state index in [1.807, 2.05) is 60.3 Å². The lowest BCUT2D eigenvalue weighted by Gasteiger charge is -2.09. The van der Waals surface area contributed by atoms with Crippen LogP contribution in [0.3, 0.4) is 0 Å². The molecular formula is C20H26N6O. The predicted molar refractivity (Wildman–Crippen MR) is 106 cm³/mol. The first-order valence-corrected chi connectivity index (χ1v) is 9.23. The molecule has 142 valence electrons. The van der Waals surface area contributed by atoms with E-state index in [4.69, 9.17) is 4.52 Å². The van der Waals surface area contributed by atoms with Gasteiger partial charge in [-0.05, 0) is 31.0 Å². The van der Waals surface area contributed by atoms with Crippen molar-refractivity contribution in [3.8, 4) is 5.69 Å². The molecule has 0 amide bonds. The number of aliphatic imine (C=N–C) groups is 1. The molecule has 1 aromatic carbocycles. The normalized spacial score (nSPS) is 11.8. The van der Waals surface area contributed by atoms with Crippen LogP contribution in [0.25, 0.3) is 5.69 Å². The lowest BCUT2D eigenvalue weighted by Crippen LogP contribution is -2.36. The highest BCUT2D eigenvalue weighted by Gasteiger charge is 2.08. The third kappa shape index (κ3) is 5.20. The highest BCUT2D eigenvalue weighted by Crippen LogP contribution is 2.13. The van der Waals surface area contributed by atoms with E-state index >= 15 is 0 Å². The topological polar surface area (TPSA) is 80.3 Å². The average molecular weight is 366 g/mol. The summed E-state index contributed by atoms with van der Waals surface area (Å²) in [5, 5.41) is 15.2. The van der Waals surface area contributed by atoms with Gasteiger partial charge in [0.2, 0.25) is 0 Å².